The summed E-state index contributed by atoms with van der Waals surface area (Å²) in [5.74, 6) is -23.3. The number of rotatable bonds is 5. The Morgan fingerprint density at radius 3 is 1.14 bits per heavy atom. The molecule has 0 bridgehead atoms. The van der Waals surface area contributed by atoms with Crippen molar-refractivity contribution in [3.05, 3.63) is 139 Å². The molecule has 3 aromatic rings. The van der Waals surface area contributed by atoms with Crippen LogP contribution in [0.5, 0.6) is 17.2 Å². The van der Waals surface area contributed by atoms with Gasteiger partial charge >= 0.3 is 0 Å². The monoisotopic (exact) mass is 1430 g/mol. The average Bonchev–Trinajstić information content (AvgIpc) is 0.702. The van der Waals surface area contributed by atoms with Gasteiger partial charge in [0.05, 0.1) is 66.6 Å². The molecule has 12 rings (SSSR count). The summed E-state index contributed by atoms with van der Waals surface area (Å²) in [5.41, 5.74) is -1.50. The van der Waals surface area contributed by atoms with Crippen molar-refractivity contribution in [3.8, 4) is 17.2 Å². The largest absolute Gasteiger partial charge is 1.00 e. The minimum Gasteiger partial charge on any atom is -1.00 e. The van der Waals surface area contributed by atoms with Crippen molar-refractivity contribution in [2.45, 2.75) is 92.1 Å². The Kier molecular flexibility index (Phi) is 16.8. The lowest BCUT2D eigenvalue weighted by atomic mass is 9.54. The Labute approximate surface area is 556 Å². The van der Waals surface area contributed by atoms with Gasteiger partial charge in [0.15, 0.2) is 34.4 Å². The maximum absolute atomic E-state index is 13.8. The molecule has 29 nitrogen and oxygen atoms in total. The van der Waals surface area contributed by atoms with Crippen molar-refractivity contribution < 1.29 is 148 Å². The molecule has 8 unspecified atom stereocenters. The fraction of sp³-hybridized carbons (Fsp3) is 0.400. The summed E-state index contributed by atoms with van der Waals surface area (Å²) in [6.07, 6.45) is -0.982. The number of phenols is 3. The van der Waals surface area contributed by atoms with Crippen LogP contribution in [0.1, 0.15) is 79.8 Å². The van der Waals surface area contributed by atoms with E-state index in [-0.39, 0.29) is 86.9 Å². The topological polar surface area (TPSA) is 538 Å². The van der Waals surface area contributed by atoms with E-state index in [2.05, 4.69) is 0 Å². The van der Waals surface area contributed by atoms with Gasteiger partial charge in [0.1, 0.15) is 68.5 Å². The first-order chi connectivity index (χ1) is 43.3. The zero-order valence-corrected chi connectivity index (χ0v) is 54.2. The van der Waals surface area contributed by atoms with Crippen LogP contribution in [-0.2, 0) is 60.0 Å². The van der Waals surface area contributed by atoms with Crippen LogP contribution in [0, 0.1) is 35.5 Å². The molecule has 14 atom stereocenters. The van der Waals surface area contributed by atoms with E-state index in [0.29, 0.717) is 0 Å². The Morgan fingerprint density at radius 1 is 0.474 bits per heavy atom. The molecule has 21 N–H and O–H groups in total. The molecule has 9 aliphatic rings. The van der Waals surface area contributed by atoms with Crippen LogP contribution in [0.3, 0.4) is 0 Å². The summed E-state index contributed by atoms with van der Waals surface area (Å²) in [4.78, 5) is 116. The van der Waals surface area contributed by atoms with Gasteiger partial charge in [0.2, 0.25) is 23.1 Å². The lowest BCUT2D eigenvalue weighted by Crippen LogP contribution is -3.00. The average molecular weight is 1430 g/mol. The number of aromatic hydroxyl groups is 3. The molecule has 0 radical (unpaired) electrons. The number of hydrogen-bond donors (Lipinski definition) is 18. The number of ketones is 6. The number of aliphatic hydroxyl groups excluding tert-OH is 6. The molecule has 95 heavy (non-hydrogen) atoms. The van der Waals surface area contributed by atoms with Crippen molar-refractivity contribution >= 4 is 69.7 Å². The lowest BCUT2D eigenvalue weighted by Gasteiger charge is -2.53. The number of likely N-dealkylation sites (N-methyl/N-ethyl adjacent to an activating group) is 2. The van der Waals surface area contributed by atoms with Gasteiger partial charge in [-0.05, 0) is 89.0 Å². The Bertz CT molecular complexity index is 4260. The van der Waals surface area contributed by atoms with Crippen LogP contribution >= 0.6 is 0 Å². The Hall–Kier alpha value is -8.86. The molecule has 30 heteroatoms. The molecule has 0 spiro atoms. The van der Waals surface area contributed by atoms with Gasteiger partial charge in [-0.15, -0.1) is 0 Å². The van der Waals surface area contributed by atoms with Crippen LogP contribution < -0.4 is 41.2 Å². The third-order valence-electron chi connectivity index (χ3n) is 20.7. The summed E-state index contributed by atoms with van der Waals surface area (Å²) in [7, 11) is 7.89. The van der Waals surface area contributed by atoms with Crippen molar-refractivity contribution in [2.75, 3.05) is 35.2 Å². The standard InChI is InChI=1S/C23H26N2O8.C22H24N2O8.C20H19NO8.HI/c1-22(32)9-6-5-7-12(26)13(9)17(27)14-10(22)8-11-16(25(2,3)4)18(28)15(21(24)31)20(30)23(11,33)19(14)29;1-21(31)8-5-4-6-11(25)12(8)16(26)13-9(21)7-10-15(24(2)3)17(27)14(20(23)30)19(29)22(10,32)18(13)28;1-19(28)8-3-2-4-10(22)12(8)15(24)13-9(19)5-7-6-11(23)14(18(21)27)17(26)20(7,29)16(13)25;/h5-7,10-11,16,32-33H,8H2,1-4H3,(H4-,24,26,27,28,29,30,31);4-6,9-10,15,25-26,29,31-32H,7H2,1-3H3,(H2,23,30);2-4,7,9,22,24,26,28-29H,5-6H2,1H3,(H2,21,27);1H/t10?,11?,16?,22-,23+;9?,10?,15?,21-,22+;7?,9?,19-,20+;/m111./s1. The number of phenolic OH excluding ortho intramolecular Hbond substituents is 3. The number of primary amides is 3. The van der Waals surface area contributed by atoms with Crippen molar-refractivity contribution in [2.24, 2.45) is 52.7 Å². The normalized spacial score (nSPS) is 33.8. The van der Waals surface area contributed by atoms with Gasteiger partial charge in [-0.1, -0.05) is 36.4 Å². The zero-order valence-electron chi connectivity index (χ0n) is 52.0. The Morgan fingerprint density at radius 2 is 0.789 bits per heavy atom. The molecule has 0 aliphatic heterocycles. The van der Waals surface area contributed by atoms with E-state index in [0.717, 1.165) is 0 Å². The number of aliphatic hydroxyl groups is 12. The van der Waals surface area contributed by atoms with E-state index in [1.54, 1.807) is 21.1 Å². The highest BCUT2D eigenvalue weighted by Crippen LogP contribution is 2.61. The number of benzene rings is 3. The van der Waals surface area contributed by atoms with E-state index in [4.69, 9.17) is 17.2 Å². The van der Waals surface area contributed by atoms with E-state index in [9.17, 15) is 120 Å². The van der Waals surface area contributed by atoms with E-state index < -0.39 is 220 Å². The molecule has 0 heterocycles. The number of nitrogens with two attached hydrogens (primary N) is 3. The van der Waals surface area contributed by atoms with Crippen molar-refractivity contribution in [3.63, 3.8) is 0 Å². The summed E-state index contributed by atoms with van der Waals surface area (Å²) in [6.45, 7) is 4.21. The number of quaternary nitrogens is 1. The summed E-state index contributed by atoms with van der Waals surface area (Å²) >= 11 is 0. The molecule has 0 aromatic heterocycles. The van der Waals surface area contributed by atoms with Crippen LogP contribution in [0.4, 0.5) is 0 Å². The Balaban J connectivity index is 0.000000167. The third kappa shape index (κ3) is 9.48. The molecular formula is C65H70IN5O24. The highest BCUT2D eigenvalue weighted by molar-refractivity contribution is 6.26. The van der Waals surface area contributed by atoms with Gasteiger partial charge in [-0.3, -0.25) is 48.1 Å². The fourth-order valence-corrected chi connectivity index (χ4v) is 16.2. The van der Waals surface area contributed by atoms with E-state index >= 15 is 0 Å². The second-order valence-electron chi connectivity index (χ2n) is 27.0. The van der Waals surface area contributed by atoms with Crippen LogP contribution in [0.25, 0.3) is 17.3 Å². The van der Waals surface area contributed by atoms with Gasteiger partial charge in [0.25, 0.3) is 17.7 Å². The van der Waals surface area contributed by atoms with E-state index in [1.165, 1.54) is 94.4 Å². The maximum Gasteiger partial charge on any atom is 0.256 e. The number of amides is 3. The quantitative estimate of drug-likeness (QED) is 0.0669. The molecule has 3 fully saturated rings. The minimum absolute atomic E-state index is 0. The predicted octanol–water partition coefficient (Wildman–Crippen LogP) is -3.50. The first kappa shape index (κ1) is 70.5. The van der Waals surface area contributed by atoms with E-state index in [1.807, 2.05) is 0 Å². The molecule has 3 aromatic carbocycles. The van der Waals surface area contributed by atoms with Crippen molar-refractivity contribution in [1.29, 1.82) is 0 Å². The SMILES string of the molecule is CN(C)C1C(=O)C(C(N)=O)=C(O)[C@@]2(O)C(=O)C3=C(O)c4c(O)cccc4[C@@](C)(O)C3CC12.C[C@@]1(O)c2cccc(O)c2C(O)=C2C(=O)[C@]3(O)C(O)=C(C(N)=O)C(=O)C([N+](C)(C)C)C3CC21.C[C@@]1(O)c2cccc(O)c2C(O)=C2C(=O)[C@]3(O)C(O)=C(C(N)=O)C(=O)CC3CC21.[I-]. The second-order valence-corrected chi connectivity index (χ2v) is 27.0. The van der Waals surface area contributed by atoms with Gasteiger partial charge in [-0.2, -0.15) is 0 Å². The lowest BCUT2D eigenvalue weighted by molar-refractivity contribution is -0.891. The smallest absolute Gasteiger partial charge is 0.256 e. The first-order valence-corrected chi connectivity index (χ1v) is 29.3. The van der Waals surface area contributed by atoms with Crippen molar-refractivity contribution in [1.82, 2.24) is 4.90 Å². The van der Waals surface area contributed by atoms with Gasteiger partial charge in [0, 0.05) is 52.7 Å². The zero-order chi connectivity index (χ0) is 70.2. The molecule has 3 amide bonds. The van der Waals surface area contributed by atoms with Gasteiger partial charge < -0.3 is 122 Å². The second kappa shape index (κ2) is 22.6. The fourth-order valence-electron chi connectivity index (χ4n) is 16.2. The minimum atomic E-state index is -2.75. The predicted molar refractivity (Wildman–Crippen MR) is 322 cm³/mol. The number of halogens is 1. The summed E-state index contributed by atoms with van der Waals surface area (Å²) in [6, 6.07) is 10.3. The number of hydrogen-bond acceptors (Lipinski definition) is 25. The highest BCUT2D eigenvalue weighted by atomic mass is 127. The molecular weight excluding hydrogens is 1360 g/mol. The van der Waals surface area contributed by atoms with Crippen LogP contribution in [-0.4, -0.2) is 203 Å². The number of carbonyl (C=O) groups is 9. The number of fused-ring (bicyclic) bond motifs is 9. The molecule has 9 aliphatic carbocycles. The summed E-state index contributed by atoms with van der Waals surface area (Å²) in [5, 5.41) is 164. The van der Waals surface area contributed by atoms with Crippen LogP contribution in [0.2, 0.25) is 0 Å². The third-order valence-corrected chi connectivity index (χ3v) is 20.7. The highest BCUT2D eigenvalue weighted by Gasteiger charge is 2.71. The van der Waals surface area contributed by atoms with Gasteiger partial charge in [-0.25, -0.2) is 0 Å². The number of carbonyl (C=O) groups excluding carboxylic acids is 9. The summed E-state index contributed by atoms with van der Waals surface area (Å²) < 4.78 is -0.111. The van der Waals surface area contributed by atoms with Crippen LogP contribution in [0.15, 0.2) is 105 Å². The molecule has 506 valence electrons. The molecule has 3 saturated carbocycles. The maximum atomic E-state index is 13.8. The number of nitrogens with zero attached hydrogens (tertiary/aromatic N) is 2. The number of Topliss-reactive ketones (excluding diaryl/α,β-unsaturated/α-hetero) is 6. The molecule has 0 saturated heterocycles. The first-order valence-electron chi connectivity index (χ1n) is 29.3.